The van der Waals surface area contributed by atoms with Crippen molar-refractivity contribution in [3.05, 3.63) is 24.0 Å². The first-order chi connectivity index (χ1) is 9.24. The Bertz CT molecular complexity index is 510. The van der Waals surface area contributed by atoms with Crippen LogP contribution in [-0.2, 0) is 4.74 Å². The van der Waals surface area contributed by atoms with Crippen molar-refractivity contribution in [2.75, 3.05) is 18.0 Å². The van der Waals surface area contributed by atoms with Crippen LogP contribution in [-0.4, -0.2) is 40.3 Å². The maximum absolute atomic E-state index is 8.90. The van der Waals surface area contributed by atoms with Gasteiger partial charge in [0.1, 0.15) is 5.69 Å². The number of nitrogens with zero attached hydrogens (tertiary/aromatic N) is 3. The molecule has 0 bridgehead atoms. The summed E-state index contributed by atoms with van der Waals surface area (Å²) in [5, 5.41) is 12.0. The van der Waals surface area contributed by atoms with Crippen LogP contribution < -0.4 is 10.6 Å². The maximum Gasteiger partial charge on any atom is 0.190 e. The minimum Gasteiger partial charge on any atom is -0.409 e. The summed E-state index contributed by atoms with van der Waals surface area (Å²) in [5.74, 6) is 0.0164. The van der Waals surface area contributed by atoms with E-state index in [-0.39, 0.29) is 17.0 Å². The fourth-order valence-corrected chi connectivity index (χ4v) is 2.85. The van der Waals surface area contributed by atoms with Gasteiger partial charge in [-0.3, -0.25) is 4.98 Å². The summed E-state index contributed by atoms with van der Waals surface area (Å²) in [4.78, 5) is 6.39. The van der Waals surface area contributed by atoms with Gasteiger partial charge in [0.2, 0.25) is 0 Å². The lowest BCUT2D eigenvalue weighted by atomic mass is 9.98. The highest BCUT2D eigenvalue weighted by Gasteiger charge is 2.39. The molecule has 110 valence electrons. The Hall–Kier alpha value is -1.82. The number of ether oxygens (including phenoxy) is 1. The molecular formula is C14H22N4O2. The summed E-state index contributed by atoms with van der Waals surface area (Å²) in [7, 11) is 0. The van der Waals surface area contributed by atoms with Crippen molar-refractivity contribution in [3.8, 4) is 0 Å². The molecular weight excluding hydrogens is 256 g/mol. The molecule has 3 N–H and O–H groups in total. The van der Waals surface area contributed by atoms with E-state index in [4.69, 9.17) is 15.7 Å². The SMILES string of the molecule is CC1(C)CN(c2cccnc2/C(N)=N/O)CC(C)(C)O1. The fourth-order valence-electron chi connectivity index (χ4n) is 2.85. The van der Waals surface area contributed by atoms with Crippen molar-refractivity contribution < 1.29 is 9.94 Å². The molecule has 0 unspecified atom stereocenters. The van der Waals surface area contributed by atoms with Gasteiger partial charge in [-0.2, -0.15) is 0 Å². The molecule has 1 aromatic rings. The highest BCUT2D eigenvalue weighted by atomic mass is 16.5. The number of anilines is 1. The van der Waals surface area contributed by atoms with Crippen LogP contribution >= 0.6 is 0 Å². The molecule has 1 saturated heterocycles. The predicted octanol–water partition coefficient (Wildman–Crippen LogP) is 1.57. The van der Waals surface area contributed by atoms with Crippen LogP contribution in [0.2, 0.25) is 0 Å². The Balaban J connectivity index is 2.41. The van der Waals surface area contributed by atoms with Crippen molar-refractivity contribution in [2.24, 2.45) is 10.9 Å². The second kappa shape index (κ2) is 4.94. The third kappa shape index (κ3) is 3.01. The van der Waals surface area contributed by atoms with E-state index in [2.05, 4.69) is 42.7 Å². The van der Waals surface area contributed by atoms with E-state index < -0.39 is 0 Å². The highest BCUT2D eigenvalue weighted by molar-refractivity contribution is 6.00. The molecule has 6 heteroatoms. The maximum atomic E-state index is 8.90. The first-order valence-electron chi connectivity index (χ1n) is 6.62. The number of hydrogen-bond donors (Lipinski definition) is 2. The molecule has 0 saturated carbocycles. The van der Waals surface area contributed by atoms with Crippen molar-refractivity contribution in [1.29, 1.82) is 0 Å². The highest BCUT2D eigenvalue weighted by Crippen LogP contribution is 2.32. The second-order valence-corrected chi connectivity index (χ2v) is 6.33. The first kappa shape index (κ1) is 14.6. The van der Waals surface area contributed by atoms with Crippen LogP contribution in [0.1, 0.15) is 33.4 Å². The average molecular weight is 278 g/mol. The summed E-state index contributed by atoms with van der Waals surface area (Å²) in [5.41, 5.74) is 6.50. The summed E-state index contributed by atoms with van der Waals surface area (Å²) in [6, 6.07) is 3.77. The zero-order valence-corrected chi connectivity index (χ0v) is 12.4. The van der Waals surface area contributed by atoms with Crippen molar-refractivity contribution in [1.82, 2.24) is 4.98 Å². The fraction of sp³-hybridized carbons (Fsp3) is 0.571. The lowest BCUT2D eigenvalue weighted by Gasteiger charge is -2.48. The number of hydrogen-bond acceptors (Lipinski definition) is 5. The summed E-state index contributed by atoms with van der Waals surface area (Å²) in [6.07, 6.45) is 1.63. The Kier molecular flexibility index (Phi) is 3.60. The number of amidine groups is 1. The number of nitrogens with two attached hydrogens (primary N) is 1. The van der Waals surface area contributed by atoms with Crippen molar-refractivity contribution in [3.63, 3.8) is 0 Å². The van der Waals surface area contributed by atoms with Crippen molar-refractivity contribution in [2.45, 2.75) is 38.9 Å². The quantitative estimate of drug-likeness (QED) is 0.371. The smallest absolute Gasteiger partial charge is 0.190 e. The Morgan fingerprint density at radius 3 is 2.50 bits per heavy atom. The van der Waals surface area contributed by atoms with Crippen molar-refractivity contribution >= 4 is 11.5 Å². The van der Waals surface area contributed by atoms with Crippen LogP contribution in [0.3, 0.4) is 0 Å². The largest absolute Gasteiger partial charge is 0.409 e. The first-order valence-corrected chi connectivity index (χ1v) is 6.62. The average Bonchev–Trinajstić information content (AvgIpc) is 2.34. The normalized spacial score (nSPS) is 21.8. The van der Waals surface area contributed by atoms with Gasteiger partial charge < -0.3 is 20.6 Å². The predicted molar refractivity (Wildman–Crippen MR) is 78.2 cm³/mol. The second-order valence-electron chi connectivity index (χ2n) is 6.33. The van der Waals surface area contributed by atoms with Crippen LogP contribution in [0.4, 0.5) is 5.69 Å². The van der Waals surface area contributed by atoms with Crippen LogP contribution in [0.5, 0.6) is 0 Å². The molecule has 0 spiro atoms. The van der Waals surface area contributed by atoms with Gasteiger partial charge in [0.25, 0.3) is 0 Å². The summed E-state index contributed by atoms with van der Waals surface area (Å²) in [6.45, 7) is 9.66. The molecule has 1 aliphatic rings. The molecule has 1 aliphatic heterocycles. The van der Waals surface area contributed by atoms with E-state index in [0.717, 1.165) is 5.69 Å². The Labute approximate surface area is 119 Å². The van der Waals surface area contributed by atoms with Gasteiger partial charge in [-0.15, -0.1) is 0 Å². The monoisotopic (exact) mass is 278 g/mol. The Morgan fingerprint density at radius 2 is 1.95 bits per heavy atom. The molecule has 20 heavy (non-hydrogen) atoms. The summed E-state index contributed by atoms with van der Waals surface area (Å²) < 4.78 is 6.07. The van der Waals surface area contributed by atoms with Crippen LogP contribution in [0.25, 0.3) is 0 Å². The molecule has 0 aliphatic carbocycles. The third-order valence-corrected chi connectivity index (χ3v) is 3.17. The van der Waals surface area contributed by atoms with E-state index in [9.17, 15) is 0 Å². The van der Waals surface area contributed by atoms with Gasteiger partial charge in [0.15, 0.2) is 5.84 Å². The lowest BCUT2D eigenvalue weighted by Crippen LogP contribution is -2.57. The molecule has 1 aromatic heterocycles. The lowest BCUT2D eigenvalue weighted by molar-refractivity contribution is -0.133. The molecule has 2 heterocycles. The number of aromatic nitrogens is 1. The number of oxime groups is 1. The standard InChI is InChI=1S/C14H22N4O2/c1-13(2)8-18(9-14(3,4)20-13)10-6-5-7-16-11(10)12(15)17-19/h5-7,19H,8-9H2,1-4H3,(H2,15,17). The number of rotatable bonds is 2. The van der Waals surface area contributed by atoms with E-state index in [1.165, 1.54) is 0 Å². The third-order valence-electron chi connectivity index (χ3n) is 3.17. The molecule has 6 nitrogen and oxygen atoms in total. The van der Waals surface area contributed by atoms with E-state index in [1.807, 2.05) is 12.1 Å². The van der Waals surface area contributed by atoms with E-state index in [1.54, 1.807) is 6.20 Å². The van der Waals surface area contributed by atoms with Crippen LogP contribution in [0, 0.1) is 0 Å². The number of pyridine rings is 1. The Morgan fingerprint density at radius 1 is 1.35 bits per heavy atom. The van der Waals surface area contributed by atoms with E-state index >= 15 is 0 Å². The van der Waals surface area contributed by atoms with Gasteiger partial charge in [0.05, 0.1) is 16.9 Å². The molecule has 2 rings (SSSR count). The van der Waals surface area contributed by atoms with Gasteiger partial charge in [-0.25, -0.2) is 0 Å². The minimum atomic E-state index is -0.278. The molecule has 1 fully saturated rings. The van der Waals surface area contributed by atoms with Gasteiger partial charge >= 0.3 is 0 Å². The zero-order valence-electron chi connectivity index (χ0n) is 12.4. The van der Waals surface area contributed by atoms with Gasteiger partial charge in [-0.05, 0) is 39.8 Å². The zero-order chi connectivity index (χ0) is 15.0. The topological polar surface area (TPSA) is 84.0 Å². The summed E-state index contributed by atoms with van der Waals surface area (Å²) >= 11 is 0. The minimum absolute atomic E-state index is 0.0164. The number of morpholine rings is 1. The van der Waals surface area contributed by atoms with E-state index in [0.29, 0.717) is 18.8 Å². The molecule has 0 radical (unpaired) electrons. The molecule has 0 amide bonds. The molecule has 0 atom stereocenters. The van der Waals surface area contributed by atoms with Crippen LogP contribution in [0.15, 0.2) is 23.5 Å². The van der Waals surface area contributed by atoms with Gasteiger partial charge in [0, 0.05) is 19.3 Å². The van der Waals surface area contributed by atoms with Gasteiger partial charge in [-0.1, -0.05) is 5.16 Å². The molecule has 0 aromatic carbocycles.